The van der Waals surface area contributed by atoms with Gasteiger partial charge in [0.15, 0.2) is 0 Å². The first-order valence-corrected chi connectivity index (χ1v) is 11.5. The summed E-state index contributed by atoms with van der Waals surface area (Å²) in [7, 11) is -1.72. The first-order chi connectivity index (χ1) is 12.2. The van der Waals surface area contributed by atoms with Crippen LogP contribution in [-0.4, -0.2) is 11.0 Å². The van der Waals surface area contributed by atoms with E-state index in [4.69, 9.17) is 0 Å². The zero-order chi connectivity index (χ0) is 17.5. The minimum atomic E-state index is -1.72. The van der Waals surface area contributed by atoms with Gasteiger partial charge in [-0.05, 0) is 49.4 Å². The molecule has 1 unspecified atom stereocenters. The topological polar surface area (TPSA) is 0 Å². The maximum Gasteiger partial charge on any atom is 0.115 e. The molecule has 0 radical (unpaired) electrons. The lowest BCUT2D eigenvalue weighted by molar-refractivity contribution is 1.27. The highest BCUT2D eigenvalue weighted by molar-refractivity contribution is 9.09. The molecule has 2 heteroatoms. The highest BCUT2D eigenvalue weighted by Gasteiger charge is 2.43. The second-order valence-corrected chi connectivity index (χ2v) is 11.1. The molecule has 0 saturated carbocycles. The predicted molar refractivity (Wildman–Crippen MR) is 118 cm³/mol. The van der Waals surface area contributed by atoms with E-state index >= 15 is 0 Å². The van der Waals surface area contributed by atoms with Crippen LogP contribution in [0.4, 0.5) is 0 Å². The van der Waals surface area contributed by atoms with Crippen LogP contribution in [0.1, 0.15) is 6.92 Å². The maximum absolute atomic E-state index is 3.64. The fourth-order valence-electron chi connectivity index (χ4n) is 3.22. The van der Waals surface area contributed by atoms with Gasteiger partial charge in [-0.25, -0.2) is 0 Å². The van der Waals surface area contributed by atoms with Gasteiger partial charge in [0.1, 0.15) is 23.2 Å². The Labute approximate surface area is 160 Å². The third kappa shape index (κ3) is 4.11. The zero-order valence-electron chi connectivity index (χ0n) is 14.4. The SMILES string of the molecule is CC(Br)/C=C/C[P+](c1ccccc1)(c1ccccc1)c1ccccc1. The molecule has 25 heavy (non-hydrogen) atoms. The molecule has 0 aliphatic carbocycles. The highest BCUT2D eigenvalue weighted by atomic mass is 79.9. The second-order valence-electron chi connectivity index (χ2n) is 6.10. The fraction of sp³-hybridized carbons (Fsp3) is 0.130. The molecule has 0 nitrogen and oxygen atoms in total. The Hall–Kier alpha value is -1.69. The normalized spacial score (nSPS) is 13.0. The smallest absolute Gasteiger partial charge is 0.0848 e. The average Bonchev–Trinajstić information content (AvgIpc) is 2.67. The van der Waals surface area contributed by atoms with E-state index in [0.717, 1.165) is 6.16 Å². The summed E-state index contributed by atoms with van der Waals surface area (Å²) in [5.74, 6) is 0. The lowest BCUT2D eigenvalue weighted by atomic mass is 10.4. The Morgan fingerprint density at radius 3 is 1.40 bits per heavy atom. The van der Waals surface area contributed by atoms with Crippen LogP contribution in [0.2, 0.25) is 0 Å². The standard InChI is InChI=1S/C23H23BrP/c1-20(24)12-11-19-25(21-13-5-2-6-14-21,22-15-7-3-8-16-22)23-17-9-4-10-18-23/h2-18,20H,19H2,1H3/q+1/b12-11+. The lowest BCUT2D eigenvalue weighted by Gasteiger charge is -2.26. The van der Waals surface area contributed by atoms with Gasteiger partial charge in [-0.1, -0.05) is 76.6 Å². The Morgan fingerprint density at radius 1 is 0.720 bits per heavy atom. The Kier molecular flexibility index (Phi) is 6.24. The number of allylic oxidation sites excluding steroid dienone is 2. The van der Waals surface area contributed by atoms with Gasteiger partial charge in [0.25, 0.3) is 0 Å². The molecule has 1 atom stereocenters. The number of benzene rings is 3. The lowest BCUT2D eigenvalue weighted by Crippen LogP contribution is -2.32. The highest BCUT2D eigenvalue weighted by Crippen LogP contribution is 2.55. The maximum atomic E-state index is 3.64. The van der Waals surface area contributed by atoms with E-state index in [0.29, 0.717) is 4.83 Å². The number of halogens is 1. The number of alkyl halides is 1. The van der Waals surface area contributed by atoms with Crippen LogP contribution >= 0.6 is 23.2 Å². The van der Waals surface area contributed by atoms with Gasteiger partial charge in [0, 0.05) is 4.83 Å². The Bertz CT molecular complexity index is 699. The van der Waals surface area contributed by atoms with Crippen molar-refractivity contribution >= 4 is 39.1 Å². The van der Waals surface area contributed by atoms with Crippen molar-refractivity contribution in [1.82, 2.24) is 0 Å². The summed E-state index contributed by atoms with van der Waals surface area (Å²) in [5, 5.41) is 4.29. The third-order valence-corrected chi connectivity index (χ3v) is 8.97. The first kappa shape index (κ1) is 18.1. The van der Waals surface area contributed by atoms with Crippen LogP contribution in [0.25, 0.3) is 0 Å². The molecule has 0 aromatic heterocycles. The Balaban J connectivity index is 2.24. The van der Waals surface area contributed by atoms with Crippen LogP contribution in [-0.2, 0) is 0 Å². The van der Waals surface area contributed by atoms with Gasteiger partial charge in [-0.2, -0.15) is 0 Å². The van der Waals surface area contributed by atoms with E-state index in [1.54, 1.807) is 0 Å². The molecule has 0 spiro atoms. The molecule has 0 N–H and O–H groups in total. The van der Waals surface area contributed by atoms with Crippen LogP contribution in [0, 0.1) is 0 Å². The summed E-state index contributed by atoms with van der Waals surface area (Å²) in [4.78, 5) is 0.386. The molecule has 0 amide bonds. The summed E-state index contributed by atoms with van der Waals surface area (Å²) < 4.78 is 0. The quantitative estimate of drug-likeness (QED) is 0.293. The van der Waals surface area contributed by atoms with Gasteiger partial charge in [0.2, 0.25) is 0 Å². The second kappa shape index (κ2) is 8.61. The van der Waals surface area contributed by atoms with Gasteiger partial charge in [-0.3, -0.25) is 0 Å². The van der Waals surface area contributed by atoms with Gasteiger partial charge < -0.3 is 0 Å². The molecule has 0 heterocycles. The van der Waals surface area contributed by atoms with Crippen LogP contribution in [0.5, 0.6) is 0 Å². The molecule has 0 fully saturated rings. The third-order valence-electron chi connectivity index (χ3n) is 4.37. The summed E-state index contributed by atoms with van der Waals surface area (Å²) in [5.41, 5.74) is 0. The molecular formula is C23H23BrP+. The first-order valence-electron chi connectivity index (χ1n) is 8.59. The Morgan fingerprint density at radius 2 is 1.08 bits per heavy atom. The van der Waals surface area contributed by atoms with E-state index in [1.807, 2.05) is 0 Å². The minimum Gasteiger partial charge on any atom is -0.0848 e. The van der Waals surface area contributed by atoms with E-state index in [-0.39, 0.29) is 0 Å². The molecule has 0 aliphatic heterocycles. The van der Waals surface area contributed by atoms with Crippen molar-refractivity contribution in [1.29, 1.82) is 0 Å². The summed E-state index contributed by atoms with van der Waals surface area (Å²) >= 11 is 3.64. The van der Waals surface area contributed by atoms with Crippen LogP contribution in [0.3, 0.4) is 0 Å². The molecule has 3 rings (SSSR count). The number of hydrogen-bond acceptors (Lipinski definition) is 0. The van der Waals surface area contributed by atoms with Crippen LogP contribution in [0.15, 0.2) is 103 Å². The van der Waals surface area contributed by atoms with Crippen molar-refractivity contribution in [3.05, 3.63) is 103 Å². The molecule has 0 bridgehead atoms. The van der Waals surface area contributed by atoms with E-state index in [2.05, 4.69) is 126 Å². The van der Waals surface area contributed by atoms with Gasteiger partial charge in [-0.15, -0.1) is 0 Å². The van der Waals surface area contributed by atoms with E-state index in [1.165, 1.54) is 15.9 Å². The monoisotopic (exact) mass is 409 g/mol. The molecule has 0 aliphatic rings. The van der Waals surface area contributed by atoms with Gasteiger partial charge in [0.05, 0.1) is 6.16 Å². The molecule has 3 aromatic rings. The zero-order valence-corrected chi connectivity index (χ0v) is 16.9. The van der Waals surface area contributed by atoms with Crippen molar-refractivity contribution in [2.75, 3.05) is 6.16 Å². The van der Waals surface area contributed by atoms with Crippen molar-refractivity contribution in [3.8, 4) is 0 Å². The van der Waals surface area contributed by atoms with Crippen molar-refractivity contribution in [2.45, 2.75) is 11.8 Å². The average molecular weight is 410 g/mol. The van der Waals surface area contributed by atoms with E-state index < -0.39 is 7.26 Å². The summed E-state index contributed by atoms with van der Waals surface area (Å²) in [6, 6.07) is 33.0. The van der Waals surface area contributed by atoms with Crippen molar-refractivity contribution in [3.63, 3.8) is 0 Å². The van der Waals surface area contributed by atoms with Crippen molar-refractivity contribution in [2.24, 2.45) is 0 Å². The van der Waals surface area contributed by atoms with Gasteiger partial charge >= 0.3 is 0 Å². The fourth-order valence-corrected chi connectivity index (χ4v) is 7.44. The summed E-state index contributed by atoms with van der Waals surface area (Å²) in [6.45, 7) is 2.16. The molecule has 3 aromatic carbocycles. The minimum absolute atomic E-state index is 0.386. The van der Waals surface area contributed by atoms with E-state index in [9.17, 15) is 0 Å². The number of hydrogen-bond donors (Lipinski definition) is 0. The number of rotatable bonds is 6. The predicted octanol–water partition coefficient (Wildman–Crippen LogP) is 5.32. The van der Waals surface area contributed by atoms with Crippen LogP contribution < -0.4 is 15.9 Å². The van der Waals surface area contributed by atoms with Crippen molar-refractivity contribution < 1.29 is 0 Å². The molecule has 0 saturated heterocycles. The summed E-state index contributed by atoms with van der Waals surface area (Å²) in [6.07, 6.45) is 5.63. The molecule has 126 valence electrons. The largest absolute Gasteiger partial charge is 0.115 e. The molecular weight excluding hydrogens is 387 g/mol.